The summed E-state index contributed by atoms with van der Waals surface area (Å²) < 4.78 is 0. The van der Waals surface area contributed by atoms with E-state index < -0.39 is 6.04 Å². The Hall–Kier alpha value is -2.21. The topological polar surface area (TPSA) is 61.6 Å². The van der Waals surface area contributed by atoms with Crippen LogP contribution in [0.3, 0.4) is 0 Å². The first kappa shape index (κ1) is 18.6. The third-order valence-electron chi connectivity index (χ3n) is 4.76. The molecule has 1 fully saturated rings. The average Bonchev–Trinajstić information content (AvgIpc) is 2.66. The highest BCUT2D eigenvalue weighted by Gasteiger charge is 2.17. The first-order chi connectivity index (χ1) is 12.6. The molecule has 2 aromatic carbocycles. The second-order valence-corrected chi connectivity index (χ2v) is 7.01. The van der Waals surface area contributed by atoms with Crippen molar-refractivity contribution in [3.05, 3.63) is 65.7 Å². The summed E-state index contributed by atoms with van der Waals surface area (Å²) in [5.74, 6) is -0.160. The Morgan fingerprint density at radius 1 is 0.923 bits per heavy atom. The van der Waals surface area contributed by atoms with Gasteiger partial charge in [-0.1, -0.05) is 42.5 Å². The van der Waals surface area contributed by atoms with E-state index in [1.54, 1.807) is 6.92 Å². The Kier molecular flexibility index (Phi) is 6.39. The number of anilines is 1. The summed E-state index contributed by atoms with van der Waals surface area (Å²) in [5.41, 5.74) is 9.01. The molecule has 1 atom stereocenters. The Morgan fingerprint density at radius 3 is 1.92 bits per heavy atom. The standard InChI is InChI=1S/C21H28N4O/c1-17(22)21(26)23-20-9-7-19(8-10-20)16-25-13-11-24(12-14-25)15-18-5-3-2-4-6-18/h2-10,17H,11-16,22H2,1H3,(H,23,26). The van der Waals surface area contributed by atoms with E-state index in [1.807, 2.05) is 12.1 Å². The number of nitrogens with zero attached hydrogens (tertiary/aromatic N) is 2. The molecule has 0 radical (unpaired) electrons. The molecule has 1 amide bonds. The lowest BCUT2D eigenvalue weighted by Gasteiger charge is -2.34. The van der Waals surface area contributed by atoms with Gasteiger partial charge in [-0.3, -0.25) is 14.6 Å². The number of amides is 1. The predicted molar refractivity (Wildman–Crippen MR) is 106 cm³/mol. The fraction of sp³-hybridized carbons (Fsp3) is 0.381. The van der Waals surface area contributed by atoms with Crippen molar-refractivity contribution in [1.29, 1.82) is 0 Å². The summed E-state index contributed by atoms with van der Waals surface area (Å²) >= 11 is 0. The van der Waals surface area contributed by atoms with Gasteiger partial charge >= 0.3 is 0 Å². The normalized spacial score (nSPS) is 17.0. The van der Waals surface area contributed by atoms with Crippen molar-refractivity contribution in [3.63, 3.8) is 0 Å². The van der Waals surface area contributed by atoms with E-state index in [4.69, 9.17) is 5.73 Å². The largest absolute Gasteiger partial charge is 0.325 e. The van der Waals surface area contributed by atoms with Crippen LogP contribution in [-0.4, -0.2) is 47.9 Å². The van der Waals surface area contributed by atoms with Crippen LogP contribution in [0.4, 0.5) is 5.69 Å². The molecule has 0 aromatic heterocycles. The van der Waals surface area contributed by atoms with Gasteiger partial charge in [0.1, 0.15) is 0 Å². The summed E-state index contributed by atoms with van der Waals surface area (Å²) in [6.07, 6.45) is 0. The molecule has 3 rings (SSSR count). The van der Waals surface area contributed by atoms with Crippen LogP contribution in [0.2, 0.25) is 0 Å². The highest BCUT2D eigenvalue weighted by molar-refractivity contribution is 5.94. The quantitative estimate of drug-likeness (QED) is 0.837. The fourth-order valence-electron chi connectivity index (χ4n) is 3.15. The van der Waals surface area contributed by atoms with Crippen LogP contribution in [0.15, 0.2) is 54.6 Å². The minimum atomic E-state index is -0.498. The van der Waals surface area contributed by atoms with Gasteiger partial charge in [0.25, 0.3) is 0 Å². The second-order valence-electron chi connectivity index (χ2n) is 7.01. The van der Waals surface area contributed by atoms with Crippen molar-refractivity contribution in [2.75, 3.05) is 31.5 Å². The molecule has 26 heavy (non-hydrogen) atoms. The molecule has 0 saturated carbocycles. The smallest absolute Gasteiger partial charge is 0.240 e. The molecule has 1 aliphatic heterocycles. The lowest BCUT2D eigenvalue weighted by atomic mass is 10.1. The zero-order valence-electron chi connectivity index (χ0n) is 15.4. The van der Waals surface area contributed by atoms with Gasteiger partial charge in [0, 0.05) is 45.0 Å². The van der Waals surface area contributed by atoms with E-state index in [0.29, 0.717) is 0 Å². The van der Waals surface area contributed by atoms with Crippen LogP contribution in [0, 0.1) is 0 Å². The third kappa shape index (κ3) is 5.39. The van der Waals surface area contributed by atoms with Crippen LogP contribution in [0.5, 0.6) is 0 Å². The van der Waals surface area contributed by atoms with Crippen molar-refractivity contribution < 1.29 is 4.79 Å². The molecule has 5 heteroatoms. The van der Waals surface area contributed by atoms with E-state index in [2.05, 4.69) is 57.6 Å². The Bertz CT molecular complexity index is 692. The highest BCUT2D eigenvalue weighted by Crippen LogP contribution is 2.14. The van der Waals surface area contributed by atoms with Gasteiger partial charge in [-0.2, -0.15) is 0 Å². The zero-order chi connectivity index (χ0) is 18.4. The molecule has 1 unspecified atom stereocenters. The van der Waals surface area contributed by atoms with E-state index in [-0.39, 0.29) is 5.91 Å². The summed E-state index contributed by atoms with van der Waals surface area (Å²) in [6.45, 7) is 8.01. The van der Waals surface area contributed by atoms with Crippen LogP contribution < -0.4 is 11.1 Å². The molecular weight excluding hydrogens is 324 g/mol. The molecule has 0 bridgehead atoms. The second kappa shape index (κ2) is 8.94. The molecule has 5 nitrogen and oxygen atoms in total. The monoisotopic (exact) mass is 352 g/mol. The maximum atomic E-state index is 11.6. The van der Waals surface area contributed by atoms with Crippen LogP contribution >= 0.6 is 0 Å². The van der Waals surface area contributed by atoms with Crippen LogP contribution in [0.25, 0.3) is 0 Å². The SMILES string of the molecule is CC(N)C(=O)Nc1ccc(CN2CCN(Cc3ccccc3)CC2)cc1. The maximum absolute atomic E-state index is 11.6. The maximum Gasteiger partial charge on any atom is 0.240 e. The van der Waals surface area contributed by atoms with E-state index in [0.717, 1.165) is 45.0 Å². The minimum absolute atomic E-state index is 0.160. The highest BCUT2D eigenvalue weighted by atomic mass is 16.2. The molecular formula is C21H28N4O. The number of benzene rings is 2. The molecule has 1 aliphatic rings. The zero-order valence-corrected chi connectivity index (χ0v) is 15.4. The van der Waals surface area contributed by atoms with Gasteiger partial charge in [0.2, 0.25) is 5.91 Å². The van der Waals surface area contributed by atoms with Crippen molar-refractivity contribution >= 4 is 11.6 Å². The molecule has 2 aromatic rings. The van der Waals surface area contributed by atoms with Gasteiger partial charge in [-0.05, 0) is 30.2 Å². The molecule has 0 spiro atoms. The Morgan fingerprint density at radius 2 is 1.42 bits per heavy atom. The van der Waals surface area contributed by atoms with Gasteiger partial charge in [-0.25, -0.2) is 0 Å². The lowest BCUT2D eigenvalue weighted by Crippen LogP contribution is -2.45. The number of rotatable bonds is 6. The first-order valence-corrected chi connectivity index (χ1v) is 9.24. The number of hydrogen-bond donors (Lipinski definition) is 2. The van der Waals surface area contributed by atoms with Gasteiger partial charge in [0.15, 0.2) is 0 Å². The number of hydrogen-bond acceptors (Lipinski definition) is 4. The lowest BCUT2D eigenvalue weighted by molar-refractivity contribution is -0.117. The molecule has 138 valence electrons. The van der Waals surface area contributed by atoms with Crippen molar-refractivity contribution in [2.24, 2.45) is 5.73 Å². The van der Waals surface area contributed by atoms with Crippen molar-refractivity contribution in [1.82, 2.24) is 9.80 Å². The molecule has 1 heterocycles. The number of nitrogens with one attached hydrogen (secondary N) is 1. The van der Waals surface area contributed by atoms with E-state index >= 15 is 0 Å². The number of carbonyl (C=O) groups is 1. The molecule has 3 N–H and O–H groups in total. The molecule has 1 saturated heterocycles. The minimum Gasteiger partial charge on any atom is -0.325 e. The van der Waals surface area contributed by atoms with E-state index in [9.17, 15) is 4.79 Å². The van der Waals surface area contributed by atoms with Gasteiger partial charge in [-0.15, -0.1) is 0 Å². The van der Waals surface area contributed by atoms with Crippen molar-refractivity contribution in [2.45, 2.75) is 26.1 Å². The number of piperazine rings is 1. The number of carbonyl (C=O) groups excluding carboxylic acids is 1. The van der Waals surface area contributed by atoms with Gasteiger partial charge in [0.05, 0.1) is 6.04 Å². The van der Waals surface area contributed by atoms with Crippen LogP contribution in [0.1, 0.15) is 18.1 Å². The van der Waals surface area contributed by atoms with Crippen LogP contribution in [-0.2, 0) is 17.9 Å². The third-order valence-corrected chi connectivity index (χ3v) is 4.76. The summed E-state index contributed by atoms with van der Waals surface area (Å²) in [6, 6.07) is 18.2. The average molecular weight is 352 g/mol. The Labute approximate surface area is 155 Å². The fourth-order valence-corrected chi connectivity index (χ4v) is 3.15. The number of nitrogens with two attached hydrogens (primary N) is 1. The summed E-state index contributed by atoms with van der Waals surface area (Å²) in [4.78, 5) is 16.6. The summed E-state index contributed by atoms with van der Waals surface area (Å²) in [5, 5.41) is 2.82. The first-order valence-electron chi connectivity index (χ1n) is 9.24. The Balaban J connectivity index is 1.45. The summed E-state index contributed by atoms with van der Waals surface area (Å²) in [7, 11) is 0. The van der Waals surface area contributed by atoms with E-state index in [1.165, 1.54) is 11.1 Å². The predicted octanol–water partition coefficient (Wildman–Crippen LogP) is 2.29. The van der Waals surface area contributed by atoms with Gasteiger partial charge < -0.3 is 11.1 Å². The van der Waals surface area contributed by atoms with Crippen molar-refractivity contribution in [3.8, 4) is 0 Å². The molecule has 0 aliphatic carbocycles.